The molecule has 0 aromatic carbocycles. The fourth-order valence-electron chi connectivity index (χ4n) is 8.40. The molecule has 0 spiro atoms. The van der Waals surface area contributed by atoms with Crippen LogP contribution >= 0.6 is 0 Å². The van der Waals surface area contributed by atoms with Crippen LogP contribution in [0.4, 0.5) is 0 Å². The van der Waals surface area contributed by atoms with Gasteiger partial charge < -0.3 is 19.0 Å². The van der Waals surface area contributed by atoms with Crippen molar-refractivity contribution < 1.29 is 33.4 Å². The van der Waals surface area contributed by atoms with Crippen LogP contribution in [-0.4, -0.2) is 42.1 Å². The first-order valence-corrected chi connectivity index (χ1v) is 13.0. The van der Waals surface area contributed by atoms with Crippen molar-refractivity contribution in [2.45, 2.75) is 91.5 Å². The molecule has 192 valence electrons. The maximum absolute atomic E-state index is 12.7. The highest BCUT2D eigenvalue weighted by Gasteiger charge is 2.75. The molecule has 0 bridgehead atoms. The molecule has 0 radical (unpaired) electrons. The number of hydrogen-bond acceptors (Lipinski definition) is 8. The van der Waals surface area contributed by atoms with Crippen molar-refractivity contribution in [2.75, 3.05) is 6.61 Å². The summed E-state index contributed by atoms with van der Waals surface area (Å²) >= 11 is 0. The van der Waals surface area contributed by atoms with Gasteiger partial charge in [-0.05, 0) is 68.6 Å². The number of carbonyl (C=O) groups is 3. The Kier molecular flexibility index (Phi) is 5.80. The summed E-state index contributed by atoms with van der Waals surface area (Å²) in [7, 11) is 0. The number of fused-ring (bicyclic) bond motifs is 7. The summed E-state index contributed by atoms with van der Waals surface area (Å²) in [6.45, 7) is 9.40. The Balaban J connectivity index is 1.47. The number of hydrogen-bond donors (Lipinski definition) is 0. The van der Waals surface area contributed by atoms with Gasteiger partial charge in [-0.15, -0.1) is 0 Å². The Morgan fingerprint density at radius 1 is 1.11 bits per heavy atom. The molecule has 5 aliphatic rings. The lowest BCUT2D eigenvalue weighted by molar-refractivity contribution is -0.286. The second-order valence-electron chi connectivity index (χ2n) is 11.5. The van der Waals surface area contributed by atoms with Gasteiger partial charge >= 0.3 is 17.9 Å². The highest BCUT2D eigenvalue weighted by Crippen LogP contribution is 2.70. The molecule has 3 saturated carbocycles. The number of oxime groups is 1. The summed E-state index contributed by atoms with van der Waals surface area (Å²) in [5.74, 6) is -1.76. The van der Waals surface area contributed by atoms with E-state index in [0.717, 1.165) is 38.5 Å². The van der Waals surface area contributed by atoms with Crippen LogP contribution < -0.4 is 0 Å². The van der Waals surface area contributed by atoms with Crippen LogP contribution in [0.25, 0.3) is 0 Å². The molecule has 0 N–H and O–H groups in total. The first kappa shape index (κ1) is 24.3. The van der Waals surface area contributed by atoms with Crippen LogP contribution in [0.1, 0.15) is 79.6 Å². The molecule has 1 aliphatic heterocycles. The van der Waals surface area contributed by atoms with Crippen molar-refractivity contribution in [2.24, 2.45) is 39.7 Å². The van der Waals surface area contributed by atoms with E-state index in [-0.39, 0.29) is 35.7 Å². The van der Waals surface area contributed by atoms with E-state index >= 15 is 0 Å². The summed E-state index contributed by atoms with van der Waals surface area (Å²) < 4.78 is 16.8. The van der Waals surface area contributed by atoms with Gasteiger partial charge in [-0.25, -0.2) is 4.79 Å². The Morgan fingerprint density at radius 3 is 2.57 bits per heavy atom. The summed E-state index contributed by atoms with van der Waals surface area (Å²) in [6, 6.07) is 0. The molecule has 0 unspecified atom stereocenters. The predicted molar refractivity (Wildman–Crippen MR) is 126 cm³/mol. The maximum Gasteiger partial charge on any atom is 0.356 e. The Bertz CT molecular complexity index is 1000. The van der Waals surface area contributed by atoms with Crippen molar-refractivity contribution >= 4 is 23.6 Å². The van der Waals surface area contributed by atoms with Crippen LogP contribution in [0.2, 0.25) is 0 Å². The minimum absolute atomic E-state index is 0.0351. The predicted octanol–water partition coefficient (Wildman–Crippen LogP) is 4.32. The van der Waals surface area contributed by atoms with Crippen LogP contribution in [0.3, 0.4) is 0 Å². The lowest BCUT2D eigenvalue weighted by Crippen LogP contribution is -2.57. The highest BCUT2D eigenvalue weighted by molar-refractivity contribution is 6.37. The Morgan fingerprint density at radius 2 is 1.89 bits per heavy atom. The monoisotopic (exact) mass is 487 g/mol. The molecule has 0 saturated heterocycles. The molecule has 5 rings (SSSR count). The fraction of sp³-hybridized carbons (Fsp3) is 0.778. The van der Waals surface area contributed by atoms with Crippen molar-refractivity contribution in [3.63, 3.8) is 0 Å². The van der Waals surface area contributed by atoms with E-state index in [1.807, 2.05) is 0 Å². The van der Waals surface area contributed by atoms with Crippen LogP contribution in [0.5, 0.6) is 0 Å². The van der Waals surface area contributed by atoms with Crippen molar-refractivity contribution in [3.8, 4) is 0 Å². The third kappa shape index (κ3) is 3.45. The number of rotatable bonds is 4. The number of esters is 3. The minimum Gasteiger partial charge on any atom is -0.462 e. The molecular formula is C27H37NO7. The van der Waals surface area contributed by atoms with Gasteiger partial charge in [0.25, 0.3) is 5.79 Å². The third-order valence-electron chi connectivity index (χ3n) is 9.91. The quantitative estimate of drug-likeness (QED) is 0.331. The smallest absolute Gasteiger partial charge is 0.356 e. The number of nitrogens with zero attached hydrogens (tertiary/aromatic N) is 1. The number of carbonyl (C=O) groups excluding carboxylic acids is 3. The molecule has 8 atom stereocenters. The lowest BCUT2D eigenvalue weighted by atomic mass is 9.47. The number of allylic oxidation sites excluding steroid dienone is 1. The summed E-state index contributed by atoms with van der Waals surface area (Å²) in [4.78, 5) is 42.5. The van der Waals surface area contributed by atoms with E-state index in [1.54, 1.807) is 6.92 Å². The van der Waals surface area contributed by atoms with Gasteiger partial charge in [-0.3, -0.25) is 9.59 Å². The highest BCUT2D eigenvalue weighted by atomic mass is 16.8. The average molecular weight is 488 g/mol. The van der Waals surface area contributed by atoms with Crippen LogP contribution in [-0.2, 0) is 33.4 Å². The number of ether oxygens (including phenoxy) is 3. The summed E-state index contributed by atoms with van der Waals surface area (Å²) in [6.07, 6.45) is 8.43. The molecule has 0 aromatic rings. The zero-order valence-electron chi connectivity index (χ0n) is 21.4. The summed E-state index contributed by atoms with van der Waals surface area (Å²) in [5, 5.41) is 4.13. The summed E-state index contributed by atoms with van der Waals surface area (Å²) in [5.41, 5.74) is 1.25. The van der Waals surface area contributed by atoms with Gasteiger partial charge in [0.2, 0.25) is 0 Å². The van der Waals surface area contributed by atoms with Crippen LogP contribution in [0, 0.1) is 34.5 Å². The second kappa shape index (κ2) is 8.34. The van der Waals surface area contributed by atoms with Gasteiger partial charge in [-0.1, -0.05) is 30.7 Å². The average Bonchev–Trinajstić information content (AvgIpc) is 3.25. The van der Waals surface area contributed by atoms with Crippen molar-refractivity contribution in [3.05, 3.63) is 11.6 Å². The van der Waals surface area contributed by atoms with E-state index in [0.29, 0.717) is 18.3 Å². The Hall–Kier alpha value is -2.38. The molecule has 8 nitrogen and oxygen atoms in total. The largest absolute Gasteiger partial charge is 0.462 e. The molecule has 0 aromatic heterocycles. The molecule has 1 heterocycles. The van der Waals surface area contributed by atoms with Gasteiger partial charge in [0, 0.05) is 20.3 Å². The van der Waals surface area contributed by atoms with Gasteiger partial charge in [0.1, 0.15) is 6.10 Å². The molecule has 35 heavy (non-hydrogen) atoms. The zero-order chi connectivity index (χ0) is 25.2. The SMILES string of the molecule is CCOC(=O)C1=NO[C@]2(OC(C)=O)[C@H]1C[C@H]1[C@@H]3CC=C4C[C@@H](OC(C)=O)CC[C@]4(C)[C@H]3CC[C@@]12C. The third-order valence-corrected chi connectivity index (χ3v) is 9.91. The second-order valence-corrected chi connectivity index (χ2v) is 11.5. The maximum atomic E-state index is 12.7. The lowest BCUT2D eigenvalue weighted by Gasteiger charge is -2.58. The first-order chi connectivity index (χ1) is 16.6. The Labute approximate surface area is 206 Å². The van der Waals surface area contributed by atoms with Crippen molar-refractivity contribution in [1.82, 2.24) is 0 Å². The van der Waals surface area contributed by atoms with Gasteiger partial charge in [-0.2, -0.15) is 0 Å². The first-order valence-electron chi connectivity index (χ1n) is 13.0. The van der Waals surface area contributed by atoms with E-state index in [2.05, 4.69) is 25.1 Å². The minimum atomic E-state index is -1.27. The molecule has 8 heteroatoms. The molecule has 4 aliphatic carbocycles. The standard InChI is InChI=1S/C27H37NO7/c1-6-32-24(31)23-22-14-21-19-8-7-17-13-18(33-15(2)29)9-11-25(17,4)20(19)10-12-26(21,5)27(22,35-28-23)34-16(3)30/h7,18-22H,6,8-14H2,1-5H3/t18-,19+,20-,21-,22-,25-,26-,27+/m0/s1. The topological polar surface area (TPSA) is 100 Å². The normalized spacial score (nSPS) is 43.3. The fourth-order valence-corrected chi connectivity index (χ4v) is 8.40. The van der Waals surface area contributed by atoms with E-state index in [1.165, 1.54) is 19.4 Å². The van der Waals surface area contributed by atoms with E-state index in [9.17, 15) is 14.4 Å². The van der Waals surface area contributed by atoms with E-state index < -0.39 is 29.1 Å². The van der Waals surface area contributed by atoms with Gasteiger partial charge in [0.05, 0.1) is 17.9 Å². The van der Waals surface area contributed by atoms with Gasteiger partial charge in [0.15, 0.2) is 5.71 Å². The van der Waals surface area contributed by atoms with Crippen molar-refractivity contribution in [1.29, 1.82) is 0 Å². The molecule has 3 fully saturated rings. The van der Waals surface area contributed by atoms with Crippen LogP contribution in [0.15, 0.2) is 16.8 Å². The van der Waals surface area contributed by atoms with E-state index in [4.69, 9.17) is 19.0 Å². The zero-order valence-corrected chi connectivity index (χ0v) is 21.4. The molecule has 0 amide bonds. The molecular weight excluding hydrogens is 450 g/mol.